The minimum Gasteiger partial charge on any atom is -0.492 e. The van der Waals surface area contributed by atoms with Gasteiger partial charge in [-0.25, -0.2) is 33.6 Å². The summed E-state index contributed by atoms with van der Waals surface area (Å²) in [5.74, 6) is -3.31. The van der Waals surface area contributed by atoms with Crippen molar-refractivity contribution in [3.63, 3.8) is 0 Å². The predicted molar refractivity (Wildman–Crippen MR) is 539 cm³/mol. The van der Waals surface area contributed by atoms with Crippen molar-refractivity contribution in [3.05, 3.63) is 310 Å². The fourth-order valence-electron chi connectivity index (χ4n) is 11.4. The number of rotatable bonds is 51. The van der Waals surface area contributed by atoms with Crippen LogP contribution in [0.25, 0.3) is 0 Å². The number of benzene rings is 7. The molecule has 0 radical (unpaired) electrons. The van der Waals surface area contributed by atoms with Crippen LogP contribution in [0.2, 0.25) is 0 Å². The lowest BCUT2D eigenvalue weighted by molar-refractivity contribution is -0.385. The zero-order valence-electron chi connectivity index (χ0n) is 80.5. The van der Waals surface area contributed by atoms with Crippen LogP contribution in [0.3, 0.4) is 0 Å². The van der Waals surface area contributed by atoms with Gasteiger partial charge in [0, 0.05) is 93.5 Å². The third kappa shape index (κ3) is 41.4. The number of nitriles is 3. The lowest BCUT2D eigenvalue weighted by Gasteiger charge is -2.25. The summed E-state index contributed by atoms with van der Waals surface area (Å²) in [6.45, 7) is 50.8. The Bertz CT molecular complexity index is 5970. The minimum atomic E-state index is -0.532. The number of nitrogens with one attached hydrogen (secondary N) is 1. The van der Waals surface area contributed by atoms with Gasteiger partial charge in [0.1, 0.15) is 93.8 Å². The highest BCUT2D eigenvalue weighted by molar-refractivity contribution is 7.10. The second-order valence-electron chi connectivity index (χ2n) is 30.5. The molecule has 1 aromatic heterocycles. The van der Waals surface area contributed by atoms with Gasteiger partial charge in [0.15, 0.2) is 5.00 Å². The van der Waals surface area contributed by atoms with Gasteiger partial charge in [0.2, 0.25) is 5.91 Å². The van der Waals surface area contributed by atoms with E-state index in [1.807, 2.05) is 51.1 Å². The van der Waals surface area contributed by atoms with Gasteiger partial charge in [-0.15, -0.1) is 20.5 Å². The summed E-state index contributed by atoms with van der Waals surface area (Å²) < 4.78 is 45.9. The number of non-ortho nitro benzene ring substituents is 2. The van der Waals surface area contributed by atoms with E-state index in [0.717, 1.165) is 59.5 Å². The number of nitrogens with zero attached hydrogens (tertiary/aromatic N) is 18. The number of carbonyl (C=O) groups excluding carboxylic acids is 8. The lowest BCUT2D eigenvalue weighted by atomic mass is 10.0. The monoisotopic (exact) mass is 1950 g/mol. The molecule has 1 N–H and O–H groups in total. The van der Waals surface area contributed by atoms with E-state index in [1.165, 1.54) is 61.5 Å². The molecule has 0 atom stereocenters. The summed E-state index contributed by atoms with van der Waals surface area (Å²) in [7, 11) is 0. The lowest BCUT2D eigenvalue weighted by Crippen LogP contribution is -2.32. The van der Waals surface area contributed by atoms with Gasteiger partial charge < -0.3 is 62.8 Å². The molecule has 0 aliphatic rings. The molecule has 0 saturated heterocycles. The standard InChI is InChI=1S/C32H36N6O5.C24H26N4O6.C23H25N5O4S.C23H24N4O5/c1-7-8-9-24-16-25(19-33)30(26(17-24)20-34)37-36-28-11-10-27(18-29(28)35-23(6)39)38(12-14-42-31(40)21(2)3)13-15-43-32(41)22(4)5;1-17(2)23(29)33-15-13-27(14-16-34-24(30)18(3)4)21-9-5-19(6-10-21)25-26-20-7-11-22(12-8-20)28(31)32;1-15(2)22(29)31-12-10-28(11-13-32-23(30)16(3)4)19-8-6-18(7-9-19)25-26-21-20(14-24)17(5)27-33-21;1-4-18(3)31-16-14-26(15-17-32-23(28)5-2)21-10-6-19(7-11-21)24-25-20-8-12-22(13-9-20)27(29)30/h10-11,16-18H,2,4,7-9,12-15H2,1,3,5-6H3,(H,35,39);5-12H,1,3,13-16H2,2,4H3;6-9H,1,3,10-13H2,2,4-5H3;4-13H,1-3,14-17H2. The van der Waals surface area contributed by atoms with Crippen LogP contribution in [0.1, 0.15) is 96.2 Å². The molecule has 142 heavy (non-hydrogen) atoms. The van der Waals surface area contributed by atoms with Crippen LogP contribution in [0, 0.1) is 61.1 Å². The van der Waals surface area contributed by atoms with Crippen molar-refractivity contribution in [2.75, 3.05) is 130 Å². The number of allylic oxidation sites excluding steroid dienone is 1. The number of unbranched alkanes of at least 4 members (excludes halogenated alkanes) is 1. The number of nitro benzene ring substituents is 2. The molecule has 1 heterocycles. The average molecular weight is 1960 g/mol. The number of aromatic nitrogens is 1. The molecule has 1 amide bonds. The van der Waals surface area contributed by atoms with E-state index in [1.54, 1.807) is 120 Å². The molecular formula is C102H111N19O20S. The molecule has 0 aliphatic heterocycles. The van der Waals surface area contributed by atoms with Crippen molar-refractivity contribution >= 4 is 144 Å². The average Bonchev–Trinajstić information content (AvgIpc) is 1.13. The van der Waals surface area contributed by atoms with Crippen molar-refractivity contribution in [1.29, 1.82) is 15.8 Å². The Morgan fingerprint density at radius 3 is 1.02 bits per heavy atom. The van der Waals surface area contributed by atoms with E-state index in [-0.39, 0.29) is 110 Å². The molecule has 740 valence electrons. The number of nitro groups is 2. The number of aryl methyl sites for hydroxylation is 2. The van der Waals surface area contributed by atoms with E-state index in [0.29, 0.717) is 130 Å². The maximum Gasteiger partial charge on any atom is 0.333 e. The largest absolute Gasteiger partial charge is 0.492 e. The number of azo groups is 4. The topological polar surface area (TPSA) is 505 Å². The molecule has 40 heteroatoms. The van der Waals surface area contributed by atoms with Gasteiger partial charge in [0.05, 0.1) is 113 Å². The molecule has 7 aromatic carbocycles. The van der Waals surface area contributed by atoms with E-state index in [4.69, 9.17) is 37.9 Å². The maximum absolute atomic E-state index is 12.1. The Balaban J connectivity index is 0.000000336. The van der Waals surface area contributed by atoms with Crippen molar-refractivity contribution in [2.24, 2.45) is 40.9 Å². The van der Waals surface area contributed by atoms with E-state index >= 15 is 0 Å². The summed E-state index contributed by atoms with van der Waals surface area (Å²) in [4.78, 5) is 122. The Morgan fingerprint density at radius 1 is 0.415 bits per heavy atom. The van der Waals surface area contributed by atoms with Gasteiger partial charge in [-0.1, -0.05) is 72.6 Å². The second kappa shape index (κ2) is 61.4. The van der Waals surface area contributed by atoms with Crippen LogP contribution >= 0.6 is 11.5 Å². The first kappa shape index (κ1) is 115. The zero-order valence-corrected chi connectivity index (χ0v) is 81.3. The molecular weight excluding hydrogens is 1840 g/mol. The first-order valence-corrected chi connectivity index (χ1v) is 44.5. The fourth-order valence-corrected chi connectivity index (χ4v) is 12.1. The number of hydrogen-bond donors (Lipinski definition) is 1. The zero-order chi connectivity index (χ0) is 105. The van der Waals surface area contributed by atoms with Crippen molar-refractivity contribution in [1.82, 2.24) is 4.37 Å². The highest BCUT2D eigenvalue weighted by Crippen LogP contribution is 2.36. The van der Waals surface area contributed by atoms with Crippen LogP contribution in [0.4, 0.5) is 84.6 Å². The number of hydrogen-bond acceptors (Lipinski definition) is 37. The second-order valence-corrected chi connectivity index (χ2v) is 31.3. The van der Waals surface area contributed by atoms with Crippen LogP contribution in [0.15, 0.2) is 303 Å². The Labute approximate surface area is 827 Å². The van der Waals surface area contributed by atoms with Crippen molar-refractivity contribution < 1.29 is 86.1 Å². The number of anilines is 5. The molecule has 0 spiro atoms. The van der Waals surface area contributed by atoms with E-state index in [9.17, 15) is 74.4 Å². The Hall–Kier alpha value is -17.7. The number of carbonyl (C=O) groups is 8. The summed E-state index contributed by atoms with van der Waals surface area (Å²) in [6, 6.07) is 47.8. The highest BCUT2D eigenvalue weighted by atomic mass is 32.1. The maximum atomic E-state index is 12.1. The molecule has 0 bridgehead atoms. The first-order valence-electron chi connectivity index (χ1n) is 43.7. The molecule has 8 rings (SSSR count). The van der Waals surface area contributed by atoms with E-state index in [2.05, 4.69) is 135 Å². The van der Waals surface area contributed by atoms with Crippen LogP contribution in [0.5, 0.6) is 0 Å². The molecule has 0 unspecified atom stereocenters. The quantitative estimate of drug-likeness (QED) is 0.00541. The van der Waals surface area contributed by atoms with Crippen LogP contribution < -0.4 is 24.9 Å². The Morgan fingerprint density at radius 2 is 0.725 bits per heavy atom. The van der Waals surface area contributed by atoms with Crippen molar-refractivity contribution in [3.8, 4) is 18.2 Å². The van der Waals surface area contributed by atoms with Gasteiger partial charge >= 0.3 is 41.8 Å². The summed E-state index contributed by atoms with van der Waals surface area (Å²) in [5, 5.41) is 86.6. The van der Waals surface area contributed by atoms with Gasteiger partial charge in [-0.3, -0.25) is 25.0 Å². The third-order valence-corrected chi connectivity index (χ3v) is 19.8. The summed E-state index contributed by atoms with van der Waals surface area (Å²) in [6.07, 6.45) is 5.28. The third-order valence-electron chi connectivity index (χ3n) is 19.0. The Kier molecular flexibility index (Phi) is 49.6. The van der Waals surface area contributed by atoms with Gasteiger partial charge in [-0.2, -0.15) is 40.6 Å². The minimum absolute atomic E-state index is 0.00666. The van der Waals surface area contributed by atoms with Gasteiger partial charge in [-0.05, 0) is 212 Å². The van der Waals surface area contributed by atoms with Gasteiger partial charge in [0.25, 0.3) is 11.4 Å². The predicted octanol–water partition coefficient (Wildman–Crippen LogP) is 21.3. The number of amides is 1. The van der Waals surface area contributed by atoms with Crippen molar-refractivity contribution in [2.45, 2.75) is 81.6 Å². The molecule has 0 aliphatic carbocycles. The van der Waals surface area contributed by atoms with Crippen LogP contribution in [-0.4, -0.2) is 167 Å². The molecule has 0 fully saturated rings. The fraction of sp³-hybridized carbons (Fsp3) is 0.275. The number of ether oxygens (including phenoxy) is 8. The van der Waals surface area contributed by atoms with Crippen LogP contribution in [-0.2, 0) is 82.7 Å². The SMILES string of the molecule is C=C(C)C(=O)OCCN(CCOC(=O)C(=C)C)c1ccc(N=Nc2c(C#N)cc(CCCC)cc2C#N)c(NC(C)=O)c1.C=C(C)C(=O)OCCN(CCOC(=O)C(=C)C)c1ccc(N=Nc2ccc([N+](=O)[O-])cc2)cc1.C=C(C)C(=O)OCCN(CCOC(=O)C(=C)C)c1ccc(N=Nc2snc(C)c2C#N)cc1.C=CC(=C)OCCN(CCOC(=O)C=C)c1ccc(N=Nc2ccc([N+](=O)[O-])cc2)cc1. The number of esters is 7. The van der Waals surface area contributed by atoms with E-state index < -0.39 is 51.6 Å². The molecule has 39 nitrogen and oxygen atoms in total. The molecule has 8 aromatic rings. The molecule has 0 saturated carbocycles. The highest BCUT2D eigenvalue weighted by Gasteiger charge is 2.21. The first-order chi connectivity index (χ1) is 67.8. The summed E-state index contributed by atoms with van der Waals surface area (Å²) >= 11 is 1.12. The smallest absolute Gasteiger partial charge is 0.333 e. The normalized spacial score (nSPS) is 10.4. The summed E-state index contributed by atoms with van der Waals surface area (Å²) in [5.41, 5.74) is 10.7.